The monoisotopic (exact) mass is 687 g/mol. The molecule has 9 aromatic carbocycles. The molecule has 0 amide bonds. The molecular formula is C53H37N. The molecule has 0 N–H and O–H groups in total. The first-order valence-corrected chi connectivity index (χ1v) is 18.9. The topological polar surface area (TPSA) is 3.24 Å². The van der Waals surface area contributed by atoms with Crippen LogP contribution >= 0.6 is 0 Å². The van der Waals surface area contributed by atoms with E-state index in [0.717, 1.165) is 17.1 Å². The summed E-state index contributed by atoms with van der Waals surface area (Å²) in [6.45, 7) is 4.45. The minimum Gasteiger partial charge on any atom is -0.310 e. The SMILES string of the molecule is Cc1ccccc1-c1ccc(N(c2ccc3c(c2)C2(c4ccccc4-c4ccccc42)c2c-3ccc3ccccc23)c2ccc3ccccc3c2)cc1C. The third-order valence-electron chi connectivity index (χ3n) is 12.1. The molecule has 54 heavy (non-hydrogen) atoms. The summed E-state index contributed by atoms with van der Waals surface area (Å²) in [6.07, 6.45) is 0. The minimum absolute atomic E-state index is 0.464. The van der Waals surface area contributed by atoms with Gasteiger partial charge in [0.15, 0.2) is 0 Å². The molecule has 0 aromatic heterocycles. The van der Waals surface area contributed by atoms with Gasteiger partial charge in [0.25, 0.3) is 0 Å². The summed E-state index contributed by atoms with van der Waals surface area (Å²) >= 11 is 0. The summed E-state index contributed by atoms with van der Waals surface area (Å²) in [6, 6.07) is 70.2. The van der Waals surface area contributed by atoms with Gasteiger partial charge in [-0.05, 0) is 139 Å². The van der Waals surface area contributed by atoms with E-state index in [1.54, 1.807) is 0 Å². The van der Waals surface area contributed by atoms with Crippen LogP contribution in [0.25, 0.3) is 54.9 Å². The molecule has 0 heterocycles. The van der Waals surface area contributed by atoms with Crippen LogP contribution < -0.4 is 4.90 Å². The van der Waals surface area contributed by atoms with Crippen molar-refractivity contribution in [1.29, 1.82) is 0 Å². The van der Waals surface area contributed by atoms with Crippen molar-refractivity contribution in [2.45, 2.75) is 19.3 Å². The normalized spacial score (nSPS) is 13.1. The van der Waals surface area contributed by atoms with Crippen molar-refractivity contribution in [2.24, 2.45) is 0 Å². The lowest BCUT2D eigenvalue weighted by atomic mass is 9.69. The van der Waals surface area contributed by atoms with E-state index in [9.17, 15) is 0 Å². The maximum absolute atomic E-state index is 2.50. The summed E-state index contributed by atoms with van der Waals surface area (Å²) in [7, 11) is 0. The van der Waals surface area contributed by atoms with Crippen LogP contribution in [0.2, 0.25) is 0 Å². The highest BCUT2D eigenvalue weighted by molar-refractivity contribution is 6.04. The van der Waals surface area contributed by atoms with Gasteiger partial charge in [-0.2, -0.15) is 0 Å². The highest BCUT2D eigenvalue weighted by atomic mass is 15.1. The molecule has 1 nitrogen and oxygen atoms in total. The number of anilines is 3. The van der Waals surface area contributed by atoms with Crippen LogP contribution in [0.1, 0.15) is 33.4 Å². The number of nitrogens with zero attached hydrogens (tertiary/aromatic N) is 1. The molecule has 9 aromatic rings. The lowest BCUT2D eigenvalue weighted by Crippen LogP contribution is -2.26. The van der Waals surface area contributed by atoms with E-state index in [1.807, 2.05) is 0 Å². The highest BCUT2D eigenvalue weighted by Gasteiger charge is 2.52. The number of aryl methyl sites for hydroxylation is 2. The fourth-order valence-electron chi connectivity index (χ4n) is 9.77. The van der Waals surface area contributed by atoms with Crippen molar-refractivity contribution in [2.75, 3.05) is 4.90 Å². The molecule has 1 spiro atoms. The first kappa shape index (κ1) is 30.9. The maximum atomic E-state index is 2.50. The number of hydrogen-bond acceptors (Lipinski definition) is 1. The van der Waals surface area contributed by atoms with Crippen molar-refractivity contribution in [3.63, 3.8) is 0 Å². The van der Waals surface area contributed by atoms with Gasteiger partial charge < -0.3 is 4.90 Å². The summed E-state index contributed by atoms with van der Waals surface area (Å²) in [4.78, 5) is 2.46. The zero-order valence-corrected chi connectivity index (χ0v) is 30.3. The second-order valence-electron chi connectivity index (χ2n) is 15.0. The molecule has 1 heteroatoms. The standard InChI is InChI=1S/C53H37N/c1-34-13-3-7-17-42(34)43-29-26-39(31-35(43)2)54(40-25-23-36-14-4-5-16-38(36)32-40)41-27-30-47-48-28-24-37-15-6-8-18-44(37)52(48)53(51(47)33-41)49-21-11-9-19-45(49)46-20-10-12-22-50(46)53/h3-33H,1-2H3. The Morgan fingerprint density at radius 2 is 0.833 bits per heavy atom. The third-order valence-corrected chi connectivity index (χ3v) is 12.1. The molecule has 0 saturated heterocycles. The molecule has 254 valence electrons. The van der Waals surface area contributed by atoms with Gasteiger partial charge in [0.2, 0.25) is 0 Å². The molecule has 2 aliphatic rings. The molecule has 0 atom stereocenters. The number of benzene rings is 9. The van der Waals surface area contributed by atoms with Crippen LogP contribution in [0.15, 0.2) is 188 Å². The van der Waals surface area contributed by atoms with Crippen LogP contribution in [0.3, 0.4) is 0 Å². The maximum Gasteiger partial charge on any atom is 0.0732 e. The van der Waals surface area contributed by atoms with Gasteiger partial charge in [-0.3, -0.25) is 0 Å². The first-order chi connectivity index (χ1) is 26.6. The fraction of sp³-hybridized carbons (Fsp3) is 0.0566. The van der Waals surface area contributed by atoms with E-state index in [0.29, 0.717) is 0 Å². The van der Waals surface area contributed by atoms with Gasteiger partial charge >= 0.3 is 0 Å². The zero-order valence-electron chi connectivity index (χ0n) is 30.3. The Kier molecular flexibility index (Phi) is 6.66. The second-order valence-corrected chi connectivity index (χ2v) is 15.0. The van der Waals surface area contributed by atoms with Gasteiger partial charge in [-0.1, -0.05) is 152 Å². The van der Waals surface area contributed by atoms with Crippen LogP contribution in [0.4, 0.5) is 17.1 Å². The molecule has 0 aliphatic heterocycles. The van der Waals surface area contributed by atoms with Crippen molar-refractivity contribution < 1.29 is 0 Å². The Morgan fingerprint density at radius 3 is 1.57 bits per heavy atom. The Labute approximate surface area is 316 Å². The van der Waals surface area contributed by atoms with Crippen molar-refractivity contribution in [3.05, 3.63) is 221 Å². The predicted molar refractivity (Wildman–Crippen MR) is 227 cm³/mol. The van der Waals surface area contributed by atoms with Gasteiger partial charge in [0.1, 0.15) is 0 Å². The van der Waals surface area contributed by atoms with E-state index in [2.05, 4.69) is 207 Å². The molecule has 0 radical (unpaired) electrons. The number of hydrogen-bond donors (Lipinski definition) is 0. The van der Waals surface area contributed by atoms with Crippen molar-refractivity contribution >= 4 is 38.6 Å². The van der Waals surface area contributed by atoms with Crippen molar-refractivity contribution in [3.8, 4) is 33.4 Å². The summed E-state index contributed by atoms with van der Waals surface area (Å²) in [5.41, 5.74) is 18.7. The molecule has 0 saturated carbocycles. The highest BCUT2D eigenvalue weighted by Crippen LogP contribution is 2.64. The van der Waals surface area contributed by atoms with Crippen LogP contribution in [-0.4, -0.2) is 0 Å². The number of fused-ring (bicyclic) bond motifs is 13. The Morgan fingerprint density at radius 1 is 0.333 bits per heavy atom. The summed E-state index contributed by atoms with van der Waals surface area (Å²) in [5.74, 6) is 0. The van der Waals surface area contributed by atoms with Gasteiger partial charge in [-0.15, -0.1) is 0 Å². The van der Waals surface area contributed by atoms with Crippen LogP contribution in [-0.2, 0) is 5.41 Å². The largest absolute Gasteiger partial charge is 0.310 e. The average Bonchev–Trinajstić information content (AvgIpc) is 3.69. The lowest BCUT2D eigenvalue weighted by Gasteiger charge is -2.33. The van der Waals surface area contributed by atoms with Crippen LogP contribution in [0.5, 0.6) is 0 Å². The quantitative estimate of drug-likeness (QED) is 0.178. The van der Waals surface area contributed by atoms with Gasteiger partial charge in [-0.25, -0.2) is 0 Å². The third kappa shape index (κ3) is 4.27. The minimum atomic E-state index is -0.464. The van der Waals surface area contributed by atoms with E-state index in [-0.39, 0.29) is 0 Å². The second kappa shape index (κ2) is 11.7. The van der Waals surface area contributed by atoms with E-state index in [1.165, 1.54) is 88.3 Å². The average molecular weight is 688 g/mol. The van der Waals surface area contributed by atoms with Gasteiger partial charge in [0.05, 0.1) is 5.41 Å². The van der Waals surface area contributed by atoms with Crippen LogP contribution in [0, 0.1) is 13.8 Å². The molecule has 0 unspecified atom stereocenters. The van der Waals surface area contributed by atoms with E-state index < -0.39 is 5.41 Å². The van der Waals surface area contributed by atoms with Gasteiger partial charge in [0, 0.05) is 17.1 Å². The number of rotatable bonds is 4. The summed E-state index contributed by atoms with van der Waals surface area (Å²) in [5, 5.41) is 5.05. The Bertz CT molecular complexity index is 2940. The Hall–Kier alpha value is -6.70. The molecular weight excluding hydrogens is 651 g/mol. The Balaban J connectivity index is 1.20. The predicted octanol–water partition coefficient (Wildman–Crippen LogP) is 14.1. The molecule has 11 rings (SSSR count). The lowest BCUT2D eigenvalue weighted by molar-refractivity contribution is 0.801. The zero-order chi connectivity index (χ0) is 36.0. The summed E-state index contributed by atoms with van der Waals surface area (Å²) < 4.78 is 0. The smallest absolute Gasteiger partial charge is 0.0732 e. The molecule has 2 aliphatic carbocycles. The van der Waals surface area contributed by atoms with Crippen molar-refractivity contribution in [1.82, 2.24) is 0 Å². The fourth-order valence-corrected chi connectivity index (χ4v) is 9.77. The molecule has 0 fully saturated rings. The van der Waals surface area contributed by atoms with E-state index >= 15 is 0 Å². The first-order valence-electron chi connectivity index (χ1n) is 18.9. The molecule has 0 bridgehead atoms. The van der Waals surface area contributed by atoms with E-state index in [4.69, 9.17) is 0 Å².